The summed E-state index contributed by atoms with van der Waals surface area (Å²) in [6.07, 6.45) is 3.04. The summed E-state index contributed by atoms with van der Waals surface area (Å²) in [5.74, 6) is 0.0437. The fourth-order valence-corrected chi connectivity index (χ4v) is 2.08. The molecule has 0 unspecified atom stereocenters. The van der Waals surface area contributed by atoms with Crippen molar-refractivity contribution in [3.8, 4) is 0 Å². The van der Waals surface area contributed by atoms with E-state index in [0.29, 0.717) is 5.92 Å². The summed E-state index contributed by atoms with van der Waals surface area (Å²) in [7, 11) is 0. The van der Waals surface area contributed by atoms with Gasteiger partial charge < -0.3 is 5.32 Å². The van der Waals surface area contributed by atoms with E-state index in [-0.39, 0.29) is 11.4 Å². The molecule has 0 spiro atoms. The highest BCUT2D eigenvalue weighted by Crippen LogP contribution is 2.23. The molecule has 0 saturated heterocycles. The Bertz CT molecular complexity index is 734. The monoisotopic (exact) mass is 310 g/mol. The molecule has 0 atom stereocenters. The van der Waals surface area contributed by atoms with Crippen molar-refractivity contribution in [1.29, 1.82) is 0 Å². The zero-order valence-electron chi connectivity index (χ0n) is 13.0. The lowest BCUT2D eigenvalue weighted by Crippen LogP contribution is -2.09. The number of amides is 1. The minimum absolute atomic E-state index is 0.129. The number of hydrogen-bond acceptors (Lipinski definition) is 3. The number of nitro groups is 1. The molecule has 0 heterocycles. The summed E-state index contributed by atoms with van der Waals surface area (Å²) >= 11 is 0. The van der Waals surface area contributed by atoms with Crippen molar-refractivity contribution < 1.29 is 9.72 Å². The van der Waals surface area contributed by atoms with Crippen molar-refractivity contribution in [1.82, 2.24) is 0 Å². The number of hydrogen-bond donors (Lipinski definition) is 1. The van der Waals surface area contributed by atoms with Crippen LogP contribution < -0.4 is 5.32 Å². The normalized spacial score (nSPS) is 10.9. The third-order valence-electron chi connectivity index (χ3n) is 3.39. The summed E-state index contributed by atoms with van der Waals surface area (Å²) in [6, 6.07) is 13.9. The van der Waals surface area contributed by atoms with Crippen molar-refractivity contribution in [2.45, 2.75) is 19.8 Å². The summed E-state index contributed by atoms with van der Waals surface area (Å²) < 4.78 is 0. The zero-order valence-corrected chi connectivity index (χ0v) is 13.0. The van der Waals surface area contributed by atoms with Gasteiger partial charge >= 0.3 is 0 Å². The van der Waals surface area contributed by atoms with E-state index in [1.54, 1.807) is 18.2 Å². The van der Waals surface area contributed by atoms with E-state index in [9.17, 15) is 14.9 Å². The van der Waals surface area contributed by atoms with E-state index in [1.165, 1.54) is 23.8 Å². The molecule has 5 nitrogen and oxygen atoms in total. The predicted molar refractivity (Wildman–Crippen MR) is 91.3 cm³/mol. The van der Waals surface area contributed by atoms with Gasteiger partial charge in [-0.25, -0.2) is 0 Å². The third-order valence-corrected chi connectivity index (χ3v) is 3.39. The minimum atomic E-state index is -0.524. The van der Waals surface area contributed by atoms with Gasteiger partial charge in [-0.05, 0) is 29.2 Å². The van der Waals surface area contributed by atoms with E-state index < -0.39 is 10.8 Å². The van der Waals surface area contributed by atoms with Crippen LogP contribution in [0.2, 0.25) is 0 Å². The fraction of sp³-hybridized carbons (Fsp3) is 0.167. The summed E-state index contributed by atoms with van der Waals surface area (Å²) in [5.41, 5.74) is 2.18. The molecular formula is C18H18N2O3. The Hall–Kier alpha value is -2.95. The number of nitro benzene ring substituents is 1. The van der Waals surface area contributed by atoms with Gasteiger partial charge in [-0.2, -0.15) is 0 Å². The molecule has 0 aliphatic rings. The highest BCUT2D eigenvalue weighted by Gasteiger charge is 2.13. The lowest BCUT2D eigenvalue weighted by Gasteiger charge is -2.05. The van der Waals surface area contributed by atoms with Crippen LogP contribution in [0, 0.1) is 10.1 Å². The van der Waals surface area contributed by atoms with Crippen molar-refractivity contribution in [3.63, 3.8) is 0 Å². The Balaban J connectivity index is 2.06. The Morgan fingerprint density at radius 3 is 2.39 bits per heavy atom. The van der Waals surface area contributed by atoms with E-state index in [0.717, 1.165) is 5.56 Å². The Labute approximate surface area is 134 Å². The van der Waals surface area contributed by atoms with Gasteiger partial charge in [0.2, 0.25) is 5.91 Å². The van der Waals surface area contributed by atoms with Crippen LogP contribution in [0.5, 0.6) is 0 Å². The predicted octanol–water partition coefficient (Wildman–Crippen LogP) is 4.37. The molecule has 2 aromatic rings. The van der Waals surface area contributed by atoms with E-state index in [1.807, 2.05) is 24.3 Å². The molecule has 0 saturated carbocycles. The molecule has 0 aliphatic heterocycles. The fourth-order valence-electron chi connectivity index (χ4n) is 2.08. The van der Waals surface area contributed by atoms with Crippen LogP contribution in [0.3, 0.4) is 0 Å². The first-order valence-corrected chi connectivity index (χ1v) is 7.30. The van der Waals surface area contributed by atoms with E-state index in [2.05, 4.69) is 19.2 Å². The van der Waals surface area contributed by atoms with Crippen molar-refractivity contribution in [2.24, 2.45) is 0 Å². The first-order valence-electron chi connectivity index (χ1n) is 7.30. The van der Waals surface area contributed by atoms with Gasteiger partial charge in [-0.3, -0.25) is 14.9 Å². The van der Waals surface area contributed by atoms with Crippen molar-refractivity contribution in [3.05, 3.63) is 75.8 Å². The van der Waals surface area contributed by atoms with Gasteiger partial charge in [0.25, 0.3) is 5.69 Å². The molecule has 5 heteroatoms. The summed E-state index contributed by atoms with van der Waals surface area (Å²) in [5, 5.41) is 13.4. The summed E-state index contributed by atoms with van der Waals surface area (Å²) in [4.78, 5) is 22.3. The Morgan fingerprint density at radius 2 is 1.78 bits per heavy atom. The first-order chi connectivity index (χ1) is 11.0. The minimum Gasteiger partial charge on any atom is -0.317 e. The van der Waals surface area contributed by atoms with Crippen LogP contribution in [0.1, 0.15) is 30.9 Å². The standard InChI is InChI=1S/C18H18N2O3/c1-13(2)15-10-7-14(8-11-15)9-12-18(21)19-16-5-3-4-6-17(16)20(22)23/h3-13H,1-2H3,(H,19,21)/b12-9+. The molecule has 2 rings (SSSR count). The van der Waals surface area contributed by atoms with Gasteiger partial charge in [-0.15, -0.1) is 0 Å². The van der Waals surface area contributed by atoms with Gasteiger partial charge in [0, 0.05) is 12.1 Å². The second-order valence-electron chi connectivity index (χ2n) is 5.42. The molecule has 0 fully saturated rings. The molecule has 23 heavy (non-hydrogen) atoms. The van der Waals surface area contributed by atoms with Crippen molar-refractivity contribution >= 4 is 23.4 Å². The number of anilines is 1. The maximum Gasteiger partial charge on any atom is 0.292 e. The molecule has 1 amide bonds. The van der Waals surface area contributed by atoms with E-state index in [4.69, 9.17) is 0 Å². The second-order valence-corrected chi connectivity index (χ2v) is 5.42. The number of nitrogens with one attached hydrogen (secondary N) is 1. The lowest BCUT2D eigenvalue weighted by molar-refractivity contribution is -0.383. The number of nitrogens with zero attached hydrogens (tertiary/aromatic N) is 1. The largest absolute Gasteiger partial charge is 0.317 e. The van der Waals surface area contributed by atoms with Crippen molar-refractivity contribution in [2.75, 3.05) is 5.32 Å². The average molecular weight is 310 g/mol. The molecule has 0 bridgehead atoms. The quantitative estimate of drug-likeness (QED) is 0.506. The number of para-hydroxylation sites is 2. The van der Waals surface area contributed by atoms with Crippen LogP contribution in [-0.4, -0.2) is 10.8 Å². The van der Waals surface area contributed by atoms with Gasteiger partial charge in [-0.1, -0.05) is 50.2 Å². The topological polar surface area (TPSA) is 72.2 Å². The summed E-state index contributed by atoms with van der Waals surface area (Å²) in [6.45, 7) is 4.23. The maximum atomic E-state index is 11.9. The Kier molecular flexibility index (Phi) is 5.25. The number of carbonyl (C=O) groups excluding carboxylic acids is 1. The zero-order chi connectivity index (χ0) is 16.8. The van der Waals surface area contributed by atoms with Crippen LogP contribution in [-0.2, 0) is 4.79 Å². The molecule has 0 aliphatic carbocycles. The SMILES string of the molecule is CC(C)c1ccc(/C=C/C(=O)Nc2ccccc2[N+](=O)[O-])cc1. The molecular weight excluding hydrogens is 292 g/mol. The molecule has 118 valence electrons. The number of carbonyl (C=O) groups is 1. The van der Waals surface area contributed by atoms with Crippen LogP contribution in [0.4, 0.5) is 11.4 Å². The molecule has 1 N–H and O–H groups in total. The average Bonchev–Trinajstić information content (AvgIpc) is 2.53. The second kappa shape index (κ2) is 7.35. The lowest BCUT2D eigenvalue weighted by atomic mass is 10.0. The van der Waals surface area contributed by atoms with Crippen LogP contribution >= 0.6 is 0 Å². The molecule has 2 aromatic carbocycles. The smallest absolute Gasteiger partial charge is 0.292 e. The third kappa shape index (κ3) is 4.51. The molecule has 0 radical (unpaired) electrons. The van der Waals surface area contributed by atoms with Crippen LogP contribution in [0.25, 0.3) is 6.08 Å². The molecule has 0 aromatic heterocycles. The van der Waals surface area contributed by atoms with Gasteiger partial charge in [0.1, 0.15) is 5.69 Å². The van der Waals surface area contributed by atoms with Gasteiger partial charge in [0.05, 0.1) is 4.92 Å². The highest BCUT2D eigenvalue weighted by molar-refractivity contribution is 6.03. The van der Waals surface area contributed by atoms with Gasteiger partial charge in [0.15, 0.2) is 0 Å². The number of rotatable bonds is 5. The first kappa shape index (κ1) is 16.4. The maximum absolute atomic E-state index is 11.9. The van der Waals surface area contributed by atoms with E-state index >= 15 is 0 Å². The Morgan fingerprint density at radius 1 is 1.13 bits per heavy atom. The number of benzene rings is 2. The van der Waals surface area contributed by atoms with Crippen LogP contribution in [0.15, 0.2) is 54.6 Å². The highest BCUT2D eigenvalue weighted by atomic mass is 16.6.